The molecular formula is C22H34O2Si. The molecule has 0 atom stereocenters. The molecule has 0 aliphatic heterocycles. The molecule has 0 spiro atoms. The number of benzene rings is 1. The van der Waals surface area contributed by atoms with Gasteiger partial charge in [0.2, 0.25) is 0 Å². The van der Waals surface area contributed by atoms with E-state index in [1.807, 2.05) is 0 Å². The van der Waals surface area contributed by atoms with Crippen molar-refractivity contribution in [2.75, 3.05) is 14.2 Å². The van der Waals surface area contributed by atoms with Crippen molar-refractivity contribution in [3.05, 3.63) is 41.5 Å². The van der Waals surface area contributed by atoms with E-state index in [0.717, 1.165) is 17.9 Å². The molecule has 2 rings (SSSR count). The zero-order valence-electron chi connectivity index (χ0n) is 17.4. The Balaban J connectivity index is 2.78. The molecular weight excluding hydrogens is 324 g/mol. The van der Waals surface area contributed by atoms with E-state index in [1.165, 1.54) is 16.3 Å². The van der Waals surface area contributed by atoms with Crippen molar-refractivity contribution in [2.24, 2.45) is 0 Å². The molecule has 0 saturated carbocycles. The van der Waals surface area contributed by atoms with E-state index in [4.69, 9.17) is 9.47 Å². The minimum atomic E-state index is -1.79. The van der Waals surface area contributed by atoms with Crippen LogP contribution in [0.5, 0.6) is 11.5 Å². The largest absolute Gasteiger partial charge is 0.497 e. The molecule has 2 nitrogen and oxygen atoms in total. The molecule has 0 unspecified atom stereocenters. The Morgan fingerprint density at radius 1 is 0.960 bits per heavy atom. The van der Waals surface area contributed by atoms with Gasteiger partial charge in [-0.2, -0.15) is 0 Å². The maximum Gasteiger partial charge on any atom is 0.122 e. The first-order valence-electron chi connectivity index (χ1n) is 9.11. The van der Waals surface area contributed by atoms with Gasteiger partial charge in [-0.15, -0.1) is 0 Å². The van der Waals surface area contributed by atoms with Gasteiger partial charge in [0.05, 0.1) is 22.3 Å². The summed E-state index contributed by atoms with van der Waals surface area (Å²) < 4.78 is 11.7. The lowest BCUT2D eigenvalue weighted by Gasteiger charge is -2.40. The number of hydrogen-bond donors (Lipinski definition) is 0. The molecule has 0 heterocycles. The van der Waals surface area contributed by atoms with Gasteiger partial charge in [0.25, 0.3) is 0 Å². The second-order valence-corrected chi connectivity index (χ2v) is 14.3. The fourth-order valence-electron chi connectivity index (χ4n) is 3.35. The molecule has 0 amide bonds. The molecule has 0 bridgehead atoms. The van der Waals surface area contributed by atoms with Gasteiger partial charge in [0.1, 0.15) is 11.5 Å². The minimum absolute atomic E-state index is 0.121. The van der Waals surface area contributed by atoms with E-state index in [1.54, 1.807) is 14.2 Å². The fraction of sp³-hybridized carbons (Fsp3) is 0.545. The Bertz CT molecular complexity index is 703. The molecule has 3 heteroatoms. The predicted octanol–water partition coefficient (Wildman–Crippen LogP) is 5.58. The van der Waals surface area contributed by atoms with Gasteiger partial charge in [0.15, 0.2) is 0 Å². The van der Waals surface area contributed by atoms with Crippen LogP contribution in [0.1, 0.15) is 46.6 Å². The normalized spacial score (nSPS) is 15.3. The summed E-state index contributed by atoms with van der Waals surface area (Å²) >= 11 is 0. The Kier molecular flexibility index (Phi) is 5.30. The number of hydrogen-bond acceptors (Lipinski definition) is 2. The quantitative estimate of drug-likeness (QED) is 0.639. The third kappa shape index (κ3) is 3.44. The van der Waals surface area contributed by atoms with Crippen LogP contribution in [0.25, 0.3) is 0 Å². The minimum Gasteiger partial charge on any atom is -0.497 e. The van der Waals surface area contributed by atoms with E-state index < -0.39 is 8.07 Å². The lowest BCUT2D eigenvalue weighted by molar-refractivity contribution is 0.393. The van der Waals surface area contributed by atoms with E-state index >= 15 is 0 Å². The van der Waals surface area contributed by atoms with Crippen LogP contribution in [0.15, 0.2) is 35.9 Å². The molecule has 0 aromatic heterocycles. The first kappa shape index (κ1) is 19.8. The molecule has 1 aliphatic rings. The van der Waals surface area contributed by atoms with E-state index in [-0.39, 0.29) is 10.5 Å². The summed E-state index contributed by atoms with van der Waals surface area (Å²) in [5.41, 5.74) is 2.44. The summed E-state index contributed by atoms with van der Waals surface area (Å²) in [5, 5.41) is 1.56. The van der Waals surface area contributed by atoms with Crippen LogP contribution in [0, 0.1) is 0 Å². The molecule has 1 aliphatic carbocycles. The number of ether oxygens (including phenoxy) is 2. The number of allylic oxidation sites excluding steroid dienone is 4. The van der Waals surface area contributed by atoms with Gasteiger partial charge in [-0.3, -0.25) is 0 Å². The van der Waals surface area contributed by atoms with Crippen molar-refractivity contribution in [1.29, 1.82) is 0 Å². The van der Waals surface area contributed by atoms with Crippen molar-refractivity contribution in [3.63, 3.8) is 0 Å². The van der Waals surface area contributed by atoms with Gasteiger partial charge < -0.3 is 9.47 Å². The van der Waals surface area contributed by atoms with E-state index in [0.29, 0.717) is 0 Å². The molecule has 25 heavy (non-hydrogen) atoms. The van der Waals surface area contributed by atoms with Crippen LogP contribution < -0.4 is 14.7 Å². The van der Waals surface area contributed by atoms with Crippen LogP contribution in [-0.4, -0.2) is 22.3 Å². The molecule has 138 valence electrons. The Hall–Kier alpha value is -1.48. The molecule has 0 saturated heterocycles. The average molecular weight is 359 g/mol. The molecule has 0 fully saturated rings. The Morgan fingerprint density at radius 3 is 2.04 bits per heavy atom. The highest BCUT2D eigenvalue weighted by Gasteiger charge is 2.41. The first-order chi connectivity index (χ1) is 11.5. The van der Waals surface area contributed by atoms with Crippen LogP contribution in [0.3, 0.4) is 0 Å². The predicted molar refractivity (Wildman–Crippen MR) is 111 cm³/mol. The third-order valence-electron chi connectivity index (χ3n) is 6.22. The topological polar surface area (TPSA) is 18.5 Å². The summed E-state index contributed by atoms with van der Waals surface area (Å²) in [6, 6.07) is 4.36. The summed E-state index contributed by atoms with van der Waals surface area (Å²) in [5.74, 6) is 1.96. The van der Waals surface area contributed by atoms with Gasteiger partial charge in [0, 0.05) is 11.0 Å². The molecule has 0 radical (unpaired) electrons. The highest BCUT2D eigenvalue weighted by molar-refractivity contribution is 6.92. The van der Waals surface area contributed by atoms with Crippen LogP contribution in [0.4, 0.5) is 0 Å². The van der Waals surface area contributed by atoms with Gasteiger partial charge >= 0.3 is 0 Å². The second-order valence-electron chi connectivity index (χ2n) is 9.05. The van der Waals surface area contributed by atoms with E-state index in [2.05, 4.69) is 78.1 Å². The molecule has 1 aromatic carbocycles. The summed E-state index contributed by atoms with van der Waals surface area (Å²) in [7, 11) is 1.77. The maximum atomic E-state index is 6.03. The van der Waals surface area contributed by atoms with Gasteiger partial charge in [-0.1, -0.05) is 65.9 Å². The number of methoxy groups -OCH3 is 2. The zero-order chi connectivity index (χ0) is 19.0. The zero-order valence-corrected chi connectivity index (χ0v) is 18.4. The van der Waals surface area contributed by atoms with Gasteiger partial charge in [-0.05, 0) is 34.4 Å². The maximum absolute atomic E-state index is 6.03. The van der Waals surface area contributed by atoms with Crippen molar-refractivity contribution in [1.82, 2.24) is 0 Å². The molecule has 0 N–H and O–H groups in total. The smallest absolute Gasteiger partial charge is 0.122 e. The van der Waals surface area contributed by atoms with Crippen molar-refractivity contribution >= 4 is 13.3 Å². The molecule has 1 aromatic rings. The summed E-state index contributed by atoms with van der Waals surface area (Å²) in [6.07, 6.45) is 7.79. The SMILES string of the molecule is COc1cc(C(C)(C)C2=CCC=C2)c(OC)c([Si](C)(C)C(C)(C)C)c1. The van der Waals surface area contributed by atoms with Crippen LogP contribution in [0.2, 0.25) is 18.1 Å². The average Bonchev–Trinajstić information content (AvgIpc) is 3.07. The highest BCUT2D eigenvalue weighted by Crippen LogP contribution is 2.44. The summed E-state index contributed by atoms with van der Waals surface area (Å²) in [6.45, 7) is 16.4. The van der Waals surface area contributed by atoms with E-state index in [9.17, 15) is 0 Å². The van der Waals surface area contributed by atoms with Crippen LogP contribution in [-0.2, 0) is 5.41 Å². The van der Waals surface area contributed by atoms with Crippen molar-refractivity contribution in [3.8, 4) is 11.5 Å². The van der Waals surface area contributed by atoms with Gasteiger partial charge in [-0.25, -0.2) is 0 Å². The first-order valence-corrected chi connectivity index (χ1v) is 12.1. The third-order valence-corrected chi connectivity index (χ3v) is 11.7. The van der Waals surface area contributed by atoms with Crippen molar-refractivity contribution in [2.45, 2.75) is 64.6 Å². The highest BCUT2D eigenvalue weighted by atomic mass is 28.3. The Labute approximate surface area is 154 Å². The number of rotatable bonds is 5. The fourth-order valence-corrected chi connectivity index (χ4v) is 5.47. The monoisotopic (exact) mass is 358 g/mol. The lowest BCUT2D eigenvalue weighted by atomic mass is 9.77. The van der Waals surface area contributed by atoms with Crippen LogP contribution >= 0.6 is 0 Å². The Morgan fingerprint density at radius 2 is 1.60 bits per heavy atom. The standard InChI is InChI=1S/C22H34O2Si/c1-21(2,3)25(8,9)19-15-17(23-6)14-18(20(19)24-7)22(4,5)16-12-10-11-13-16/h10,12-15H,11H2,1-9H3. The lowest BCUT2D eigenvalue weighted by Crippen LogP contribution is -2.50. The second kappa shape index (κ2) is 6.68. The summed E-state index contributed by atoms with van der Waals surface area (Å²) in [4.78, 5) is 0. The van der Waals surface area contributed by atoms with Crippen molar-refractivity contribution < 1.29 is 9.47 Å².